The predicted molar refractivity (Wildman–Crippen MR) is 88.7 cm³/mol. The van der Waals surface area contributed by atoms with Crippen LogP contribution in [0.15, 0.2) is 22.7 Å². The van der Waals surface area contributed by atoms with Crippen molar-refractivity contribution in [1.29, 1.82) is 0 Å². The number of benzene rings is 1. The smallest absolute Gasteiger partial charge is 0.183 e. The predicted octanol–water partition coefficient (Wildman–Crippen LogP) is 4.87. The van der Waals surface area contributed by atoms with Gasteiger partial charge in [-0.1, -0.05) is 47.4 Å². The highest BCUT2D eigenvalue weighted by Crippen LogP contribution is 2.31. The molecule has 1 aromatic carbocycles. The fraction of sp³-hybridized carbons (Fsp3) is 0.267. The molecule has 0 bridgehead atoms. The van der Waals surface area contributed by atoms with Gasteiger partial charge in [0.25, 0.3) is 0 Å². The van der Waals surface area contributed by atoms with Crippen molar-refractivity contribution >= 4 is 38.7 Å². The molecule has 6 heteroatoms. The summed E-state index contributed by atoms with van der Waals surface area (Å²) in [6, 6.07) is 6.27. The van der Waals surface area contributed by atoms with E-state index in [1.165, 1.54) is 5.56 Å². The Hall–Kier alpha value is -1.46. The summed E-state index contributed by atoms with van der Waals surface area (Å²) in [4.78, 5) is 16.2. The van der Waals surface area contributed by atoms with Crippen LogP contribution < -0.4 is 0 Å². The Labute approximate surface area is 136 Å². The summed E-state index contributed by atoms with van der Waals surface area (Å²) in [5, 5.41) is 0.395. The number of H-pyrrole nitrogens is 1. The van der Waals surface area contributed by atoms with Crippen molar-refractivity contribution in [2.45, 2.75) is 26.7 Å². The van der Waals surface area contributed by atoms with Crippen LogP contribution in [0.2, 0.25) is 5.15 Å². The van der Waals surface area contributed by atoms with Crippen molar-refractivity contribution in [2.75, 3.05) is 0 Å². The lowest BCUT2D eigenvalue weighted by molar-refractivity contribution is 0.866. The van der Waals surface area contributed by atoms with E-state index in [2.05, 4.69) is 61.8 Å². The molecule has 0 aliphatic rings. The third kappa shape index (κ3) is 2.68. The molecule has 0 unspecified atom stereocenters. The second kappa shape index (κ2) is 5.39. The molecule has 0 saturated carbocycles. The Morgan fingerprint density at radius 2 is 1.95 bits per heavy atom. The van der Waals surface area contributed by atoms with Crippen molar-refractivity contribution in [3.05, 3.63) is 39.2 Å². The zero-order valence-corrected chi connectivity index (χ0v) is 14.2. The Morgan fingerprint density at radius 3 is 2.62 bits per heavy atom. The molecule has 0 fully saturated rings. The van der Waals surface area contributed by atoms with Crippen LogP contribution in [0.25, 0.3) is 22.6 Å². The monoisotopic (exact) mass is 364 g/mol. The lowest BCUT2D eigenvalue weighted by Crippen LogP contribution is -1.89. The number of rotatable bonds is 2. The van der Waals surface area contributed by atoms with E-state index in [4.69, 9.17) is 11.6 Å². The first-order chi connectivity index (χ1) is 9.95. The Morgan fingerprint density at radius 1 is 1.19 bits per heavy atom. The Bertz CT molecular complexity index is 826. The maximum atomic E-state index is 6.14. The lowest BCUT2D eigenvalue weighted by atomic mass is 10.0. The minimum atomic E-state index is 0.395. The van der Waals surface area contributed by atoms with Crippen molar-refractivity contribution in [3.8, 4) is 11.4 Å². The lowest BCUT2D eigenvalue weighted by Gasteiger charge is -2.08. The van der Waals surface area contributed by atoms with Crippen LogP contribution in [-0.4, -0.2) is 19.9 Å². The number of fused-ring (bicyclic) bond motifs is 1. The number of nitrogens with one attached hydrogen (secondary N) is 1. The van der Waals surface area contributed by atoms with E-state index in [9.17, 15) is 0 Å². The molecule has 0 amide bonds. The molecule has 3 rings (SSSR count). The molecular formula is C15H14BrClN4. The summed E-state index contributed by atoms with van der Waals surface area (Å²) in [6.45, 7) is 6.13. The number of hydrogen-bond donors (Lipinski definition) is 1. The highest BCUT2D eigenvalue weighted by molar-refractivity contribution is 9.10. The van der Waals surface area contributed by atoms with Gasteiger partial charge in [-0.2, -0.15) is 0 Å². The zero-order valence-electron chi connectivity index (χ0n) is 11.9. The molecule has 4 nitrogen and oxygen atoms in total. The van der Waals surface area contributed by atoms with Gasteiger partial charge in [0, 0.05) is 10.0 Å². The van der Waals surface area contributed by atoms with E-state index in [0.717, 1.165) is 15.9 Å². The summed E-state index contributed by atoms with van der Waals surface area (Å²) in [5.41, 5.74) is 3.50. The molecule has 2 heterocycles. The molecule has 0 saturated heterocycles. The van der Waals surface area contributed by atoms with Gasteiger partial charge in [-0.25, -0.2) is 15.0 Å². The molecule has 0 atom stereocenters. The van der Waals surface area contributed by atoms with Crippen LogP contribution in [0.1, 0.15) is 31.2 Å². The minimum Gasteiger partial charge on any atom is -0.334 e. The Kier molecular flexibility index (Phi) is 3.71. The van der Waals surface area contributed by atoms with Crippen LogP contribution in [0.5, 0.6) is 0 Å². The van der Waals surface area contributed by atoms with Gasteiger partial charge in [-0.05, 0) is 30.5 Å². The third-order valence-electron chi connectivity index (χ3n) is 3.33. The number of imidazole rings is 1. The third-order valence-corrected chi connectivity index (χ3v) is 4.26. The summed E-state index contributed by atoms with van der Waals surface area (Å²) < 4.78 is 0.994. The molecule has 3 aromatic rings. The van der Waals surface area contributed by atoms with Gasteiger partial charge in [0.05, 0.1) is 0 Å². The van der Waals surface area contributed by atoms with Crippen molar-refractivity contribution < 1.29 is 0 Å². The minimum absolute atomic E-state index is 0.395. The second-order valence-corrected chi connectivity index (χ2v) is 6.45. The van der Waals surface area contributed by atoms with Gasteiger partial charge in [0.1, 0.15) is 17.2 Å². The van der Waals surface area contributed by atoms with Gasteiger partial charge in [0.15, 0.2) is 10.8 Å². The average Bonchev–Trinajstić information content (AvgIpc) is 2.82. The van der Waals surface area contributed by atoms with Gasteiger partial charge in [-0.3, -0.25) is 0 Å². The fourth-order valence-corrected chi connectivity index (χ4v) is 3.01. The molecular weight excluding hydrogens is 352 g/mol. The molecule has 1 N–H and O–H groups in total. The topological polar surface area (TPSA) is 54.5 Å². The normalized spacial score (nSPS) is 11.5. The van der Waals surface area contributed by atoms with Gasteiger partial charge in [-0.15, -0.1) is 0 Å². The van der Waals surface area contributed by atoms with E-state index in [-0.39, 0.29) is 0 Å². The zero-order chi connectivity index (χ0) is 15.1. The van der Waals surface area contributed by atoms with Gasteiger partial charge in [0.2, 0.25) is 0 Å². The highest BCUT2D eigenvalue weighted by Gasteiger charge is 2.14. The van der Waals surface area contributed by atoms with Crippen LogP contribution in [-0.2, 0) is 0 Å². The molecule has 21 heavy (non-hydrogen) atoms. The SMILES string of the molecule is Cc1nc(Cl)c2[nH]c(-c3ccc(C(C)C)cc3Br)nc2n1. The number of aromatic nitrogens is 4. The van der Waals surface area contributed by atoms with Crippen LogP contribution in [0.3, 0.4) is 0 Å². The number of hydrogen-bond acceptors (Lipinski definition) is 3. The number of aryl methyl sites for hydroxylation is 1. The number of aromatic amines is 1. The van der Waals surface area contributed by atoms with Crippen molar-refractivity contribution in [1.82, 2.24) is 19.9 Å². The van der Waals surface area contributed by atoms with Gasteiger partial charge >= 0.3 is 0 Å². The van der Waals surface area contributed by atoms with E-state index < -0.39 is 0 Å². The number of nitrogens with zero attached hydrogens (tertiary/aromatic N) is 3. The highest BCUT2D eigenvalue weighted by atomic mass is 79.9. The quantitative estimate of drug-likeness (QED) is 0.659. The van der Waals surface area contributed by atoms with Crippen molar-refractivity contribution in [2.24, 2.45) is 0 Å². The van der Waals surface area contributed by atoms with E-state index in [0.29, 0.717) is 28.1 Å². The first kappa shape index (κ1) is 14.5. The molecule has 0 radical (unpaired) electrons. The maximum absolute atomic E-state index is 6.14. The molecule has 108 valence electrons. The standard InChI is InChI=1S/C15H14BrClN4/c1-7(2)9-4-5-10(11(16)6-9)14-20-12-13(17)18-8(3)19-15(12)21-14/h4-7H,1-3H3,(H,18,19,20,21). The molecule has 0 aliphatic heterocycles. The molecule has 2 aromatic heterocycles. The second-order valence-electron chi connectivity index (χ2n) is 5.24. The largest absolute Gasteiger partial charge is 0.334 e. The van der Waals surface area contributed by atoms with Crippen LogP contribution in [0, 0.1) is 6.92 Å². The van der Waals surface area contributed by atoms with E-state index in [1.807, 2.05) is 6.07 Å². The summed E-state index contributed by atoms with van der Waals surface area (Å²) in [5.74, 6) is 1.82. The van der Waals surface area contributed by atoms with Crippen LogP contribution >= 0.6 is 27.5 Å². The first-order valence-electron chi connectivity index (χ1n) is 6.65. The summed E-state index contributed by atoms with van der Waals surface area (Å²) in [6.07, 6.45) is 0. The average molecular weight is 366 g/mol. The van der Waals surface area contributed by atoms with Crippen molar-refractivity contribution in [3.63, 3.8) is 0 Å². The summed E-state index contributed by atoms with van der Waals surface area (Å²) >= 11 is 9.75. The van der Waals surface area contributed by atoms with E-state index >= 15 is 0 Å². The summed E-state index contributed by atoms with van der Waals surface area (Å²) in [7, 11) is 0. The first-order valence-corrected chi connectivity index (χ1v) is 7.82. The molecule has 0 spiro atoms. The fourth-order valence-electron chi connectivity index (χ4n) is 2.18. The van der Waals surface area contributed by atoms with Crippen LogP contribution in [0.4, 0.5) is 0 Å². The van der Waals surface area contributed by atoms with Gasteiger partial charge < -0.3 is 4.98 Å². The maximum Gasteiger partial charge on any atom is 0.183 e. The number of halogens is 2. The Balaban J connectivity index is 2.14. The molecule has 0 aliphatic carbocycles. The van der Waals surface area contributed by atoms with E-state index in [1.54, 1.807) is 6.92 Å².